The second-order valence-corrected chi connectivity index (χ2v) is 9.86. The summed E-state index contributed by atoms with van der Waals surface area (Å²) in [5.41, 5.74) is 5.67. The van der Waals surface area contributed by atoms with E-state index in [1.807, 2.05) is 0 Å². The van der Waals surface area contributed by atoms with Crippen molar-refractivity contribution in [1.82, 2.24) is 19.8 Å². The first-order valence-corrected chi connectivity index (χ1v) is 12.9. The van der Waals surface area contributed by atoms with Gasteiger partial charge < -0.3 is 24.3 Å². The second-order valence-electron chi connectivity index (χ2n) is 9.86. The van der Waals surface area contributed by atoms with E-state index in [1.165, 1.54) is 11.1 Å². The van der Waals surface area contributed by atoms with Crippen LogP contribution < -0.4 is 5.32 Å². The number of aromatic nitrogens is 2. The minimum absolute atomic E-state index is 0.00491. The van der Waals surface area contributed by atoms with E-state index < -0.39 is 0 Å². The molecule has 3 aromatic rings. The molecule has 1 N–H and O–H groups in total. The lowest BCUT2D eigenvalue weighted by Crippen LogP contribution is -2.35. The first-order chi connectivity index (χ1) is 17.6. The van der Waals surface area contributed by atoms with Crippen LogP contribution in [-0.2, 0) is 33.8 Å². The number of fused-ring (bicyclic) bond motifs is 2. The van der Waals surface area contributed by atoms with Gasteiger partial charge in [-0.15, -0.1) is 0 Å². The summed E-state index contributed by atoms with van der Waals surface area (Å²) in [5.74, 6) is 0.984. The van der Waals surface area contributed by atoms with Gasteiger partial charge in [0.05, 0.1) is 18.4 Å². The molecule has 1 atom stereocenters. The molecule has 0 saturated carbocycles. The van der Waals surface area contributed by atoms with Gasteiger partial charge in [0.15, 0.2) is 0 Å². The van der Waals surface area contributed by atoms with Crippen molar-refractivity contribution in [1.29, 1.82) is 0 Å². The number of hydrogen-bond acceptors (Lipinski definition) is 5. The van der Waals surface area contributed by atoms with Crippen molar-refractivity contribution in [2.45, 2.75) is 51.0 Å². The van der Waals surface area contributed by atoms with Gasteiger partial charge in [-0.1, -0.05) is 48.5 Å². The predicted molar refractivity (Wildman–Crippen MR) is 140 cm³/mol. The van der Waals surface area contributed by atoms with E-state index in [9.17, 15) is 4.79 Å². The number of imidazole rings is 1. The third-order valence-corrected chi connectivity index (χ3v) is 7.27. The third kappa shape index (κ3) is 5.69. The fourth-order valence-electron chi connectivity index (χ4n) is 5.08. The smallest absolute Gasteiger partial charge is 0.222 e. The van der Waals surface area contributed by atoms with Crippen LogP contribution in [0.3, 0.4) is 0 Å². The standard InChI is InChI=1S/C29H36N4O3/c1-32-15-12-24(13-16-32)36-28-25-6-4-3-5-22(25)11-17-33-20-26(31-29(28)33)23-9-7-21(8-10-23)19-30-27(34)14-18-35-2/h3-10,20,24,28H,11-19H2,1-2H3,(H,30,34). The van der Waals surface area contributed by atoms with Crippen LogP contribution in [0.1, 0.15) is 47.9 Å². The Balaban J connectivity index is 1.35. The number of carbonyl (C=O) groups excluding carboxylic acids is 1. The van der Waals surface area contributed by atoms with Crippen LogP contribution in [-0.4, -0.2) is 60.3 Å². The summed E-state index contributed by atoms with van der Waals surface area (Å²) in [6.45, 7) is 3.96. The van der Waals surface area contributed by atoms with Crippen LogP contribution in [0, 0.1) is 0 Å². The lowest BCUT2D eigenvalue weighted by atomic mass is 10.00. The molecule has 0 spiro atoms. The van der Waals surface area contributed by atoms with Crippen molar-refractivity contribution >= 4 is 5.91 Å². The van der Waals surface area contributed by atoms with Crippen molar-refractivity contribution in [3.63, 3.8) is 0 Å². The zero-order chi connectivity index (χ0) is 24.9. The Hall–Kier alpha value is -3.00. The number of hydrogen-bond donors (Lipinski definition) is 1. The molecular formula is C29H36N4O3. The molecule has 36 heavy (non-hydrogen) atoms. The van der Waals surface area contributed by atoms with Crippen molar-refractivity contribution in [2.24, 2.45) is 0 Å². The number of carbonyl (C=O) groups is 1. The average molecular weight is 489 g/mol. The first kappa shape index (κ1) is 24.7. The first-order valence-electron chi connectivity index (χ1n) is 12.9. The summed E-state index contributed by atoms with van der Waals surface area (Å²) < 4.78 is 14.0. The van der Waals surface area contributed by atoms with Crippen LogP contribution >= 0.6 is 0 Å². The molecule has 7 heteroatoms. The quantitative estimate of drug-likeness (QED) is 0.520. The van der Waals surface area contributed by atoms with Crippen LogP contribution in [0.2, 0.25) is 0 Å². The highest BCUT2D eigenvalue weighted by Crippen LogP contribution is 2.35. The number of rotatable bonds is 8. The number of amides is 1. The number of methoxy groups -OCH3 is 1. The molecule has 190 valence electrons. The molecule has 1 amide bonds. The van der Waals surface area contributed by atoms with E-state index in [4.69, 9.17) is 14.5 Å². The summed E-state index contributed by atoms with van der Waals surface area (Å²) in [5, 5.41) is 2.94. The molecule has 7 nitrogen and oxygen atoms in total. The zero-order valence-electron chi connectivity index (χ0n) is 21.3. The highest BCUT2D eigenvalue weighted by Gasteiger charge is 2.30. The molecular weight excluding hydrogens is 452 g/mol. The highest BCUT2D eigenvalue weighted by atomic mass is 16.5. The van der Waals surface area contributed by atoms with E-state index in [1.54, 1.807) is 7.11 Å². The van der Waals surface area contributed by atoms with Gasteiger partial charge in [0.1, 0.15) is 11.9 Å². The number of benzene rings is 2. The van der Waals surface area contributed by atoms with E-state index in [0.29, 0.717) is 19.6 Å². The Kier molecular flexibility index (Phi) is 7.80. The third-order valence-electron chi connectivity index (χ3n) is 7.27. The largest absolute Gasteiger partial charge is 0.384 e. The average Bonchev–Trinajstić information content (AvgIpc) is 3.28. The van der Waals surface area contributed by atoms with Gasteiger partial charge in [0.2, 0.25) is 5.91 Å². The molecule has 2 aromatic carbocycles. The molecule has 0 bridgehead atoms. The SMILES string of the molecule is COCCC(=O)NCc1ccc(-c2cn3c(n2)C(OC2CCN(C)CC2)c2ccccc2CC3)cc1. The van der Waals surface area contributed by atoms with Crippen molar-refractivity contribution < 1.29 is 14.3 Å². The van der Waals surface area contributed by atoms with Crippen LogP contribution in [0.25, 0.3) is 11.3 Å². The number of nitrogens with one attached hydrogen (secondary N) is 1. The maximum atomic E-state index is 11.9. The van der Waals surface area contributed by atoms with Crippen LogP contribution in [0.5, 0.6) is 0 Å². The van der Waals surface area contributed by atoms with Crippen molar-refractivity contribution in [3.8, 4) is 11.3 Å². The monoisotopic (exact) mass is 488 g/mol. The Morgan fingerprint density at radius 3 is 2.64 bits per heavy atom. The van der Waals surface area contributed by atoms with Gasteiger partial charge in [-0.2, -0.15) is 0 Å². The van der Waals surface area contributed by atoms with Gasteiger partial charge in [-0.25, -0.2) is 4.98 Å². The molecule has 1 aromatic heterocycles. The van der Waals surface area contributed by atoms with Crippen LogP contribution in [0.4, 0.5) is 0 Å². The van der Waals surface area contributed by atoms with Gasteiger partial charge in [0, 0.05) is 51.5 Å². The minimum Gasteiger partial charge on any atom is -0.384 e. The normalized spacial score (nSPS) is 18.3. The molecule has 2 aliphatic heterocycles. The Labute approximate surface area is 213 Å². The summed E-state index contributed by atoms with van der Waals surface area (Å²) in [6.07, 6.45) is 5.68. The predicted octanol–water partition coefficient (Wildman–Crippen LogP) is 3.96. The van der Waals surface area contributed by atoms with E-state index >= 15 is 0 Å². The molecule has 1 saturated heterocycles. The fraction of sp³-hybridized carbons (Fsp3) is 0.448. The number of likely N-dealkylation sites (tertiary alicyclic amines) is 1. The molecule has 5 rings (SSSR count). The molecule has 3 heterocycles. The van der Waals surface area contributed by atoms with Gasteiger partial charge >= 0.3 is 0 Å². The maximum absolute atomic E-state index is 11.9. The summed E-state index contributed by atoms with van der Waals surface area (Å²) in [7, 11) is 3.78. The van der Waals surface area contributed by atoms with E-state index in [2.05, 4.69) is 76.6 Å². The lowest BCUT2D eigenvalue weighted by Gasteiger charge is -2.32. The Morgan fingerprint density at radius 2 is 1.86 bits per heavy atom. The molecule has 0 radical (unpaired) electrons. The molecule has 0 aliphatic carbocycles. The lowest BCUT2D eigenvalue weighted by molar-refractivity contribution is -0.122. The minimum atomic E-state index is -0.160. The fourth-order valence-corrected chi connectivity index (χ4v) is 5.08. The summed E-state index contributed by atoms with van der Waals surface area (Å²) in [4.78, 5) is 19.4. The number of piperidine rings is 1. The van der Waals surface area contributed by atoms with Crippen LogP contribution in [0.15, 0.2) is 54.7 Å². The topological polar surface area (TPSA) is 68.6 Å². The number of ether oxygens (including phenoxy) is 2. The molecule has 2 aliphatic rings. The maximum Gasteiger partial charge on any atom is 0.222 e. The molecule has 1 fully saturated rings. The summed E-state index contributed by atoms with van der Waals surface area (Å²) >= 11 is 0. The number of nitrogens with zero attached hydrogens (tertiary/aromatic N) is 3. The zero-order valence-corrected chi connectivity index (χ0v) is 21.3. The van der Waals surface area contributed by atoms with Crippen molar-refractivity contribution in [3.05, 3.63) is 77.2 Å². The number of aryl methyl sites for hydroxylation is 2. The van der Waals surface area contributed by atoms with E-state index in [-0.39, 0.29) is 18.1 Å². The van der Waals surface area contributed by atoms with Gasteiger partial charge in [-0.05, 0) is 43.0 Å². The molecule has 1 unspecified atom stereocenters. The second kappa shape index (κ2) is 11.4. The Bertz CT molecular complexity index is 1170. The van der Waals surface area contributed by atoms with E-state index in [0.717, 1.165) is 61.5 Å². The Morgan fingerprint density at radius 1 is 1.08 bits per heavy atom. The van der Waals surface area contributed by atoms with Gasteiger partial charge in [-0.3, -0.25) is 4.79 Å². The van der Waals surface area contributed by atoms with Crippen molar-refractivity contribution in [2.75, 3.05) is 33.9 Å². The summed E-state index contributed by atoms with van der Waals surface area (Å²) in [6, 6.07) is 16.9. The highest BCUT2D eigenvalue weighted by molar-refractivity contribution is 5.76. The van der Waals surface area contributed by atoms with Gasteiger partial charge in [0.25, 0.3) is 0 Å².